The van der Waals surface area contributed by atoms with E-state index < -0.39 is 0 Å². The minimum atomic E-state index is -0.249. The lowest BCUT2D eigenvalue weighted by molar-refractivity contribution is 0.154. The number of nitrogens with zero attached hydrogens (tertiary/aromatic N) is 4. The highest BCUT2D eigenvalue weighted by Gasteiger charge is 2.25. The predicted octanol–water partition coefficient (Wildman–Crippen LogP) is 3.50. The molecule has 5 nitrogen and oxygen atoms in total. The van der Waals surface area contributed by atoms with Gasteiger partial charge < -0.3 is 10.0 Å². The minimum Gasteiger partial charge on any atom is -0.391 e. The Morgan fingerprint density at radius 3 is 2.62 bits per heavy atom. The summed E-state index contributed by atoms with van der Waals surface area (Å²) in [5.41, 5.74) is 1.29. The first-order chi connectivity index (χ1) is 12.5. The van der Waals surface area contributed by atoms with E-state index in [1.807, 2.05) is 0 Å². The van der Waals surface area contributed by atoms with E-state index in [1.165, 1.54) is 28.7 Å². The summed E-state index contributed by atoms with van der Waals surface area (Å²) < 4.78 is 0. The fourth-order valence-corrected chi connectivity index (χ4v) is 5.18. The molecule has 0 aliphatic carbocycles. The Balaban J connectivity index is 1.68. The molecule has 4 rings (SSSR count). The summed E-state index contributed by atoms with van der Waals surface area (Å²) in [6.45, 7) is 11.5. The molecule has 26 heavy (non-hydrogen) atoms. The lowest BCUT2D eigenvalue weighted by atomic mass is 9.99. The maximum atomic E-state index is 10.2. The number of hydrogen-bond donors (Lipinski definition) is 1. The summed E-state index contributed by atoms with van der Waals surface area (Å²) >= 11 is 1.78. The van der Waals surface area contributed by atoms with E-state index in [9.17, 15) is 5.11 Å². The summed E-state index contributed by atoms with van der Waals surface area (Å²) in [6, 6.07) is 0. The normalized spacial score (nSPS) is 23.1. The molecule has 6 heteroatoms. The zero-order valence-electron chi connectivity index (χ0n) is 16.2. The molecular weight excluding hydrogens is 344 g/mol. The van der Waals surface area contributed by atoms with Crippen molar-refractivity contribution in [2.45, 2.75) is 59.1 Å². The second kappa shape index (κ2) is 7.41. The highest BCUT2D eigenvalue weighted by molar-refractivity contribution is 7.18. The van der Waals surface area contributed by atoms with Crippen LogP contribution in [-0.4, -0.2) is 52.3 Å². The van der Waals surface area contributed by atoms with E-state index in [0.717, 1.165) is 61.4 Å². The number of piperidine rings is 2. The number of hydrogen-bond acceptors (Lipinski definition) is 6. The molecule has 0 amide bonds. The van der Waals surface area contributed by atoms with Crippen LogP contribution in [-0.2, 0) is 6.54 Å². The quantitative estimate of drug-likeness (QED) is 0.891. The van der Waals surface area contributed by atoms with Gasteiger partial charge in [-0.15, -0.1) is 11.3 Å². The summed E-state index contributed by atoms with van der Waals surface area (Å²) in [4.78, 5) is 17.1. The number of rotatable bonds is 3. The summed E-state index contributed by atoms with van der Waals surface area (Å²) in [5.74, 6) is 2.81. The average molecular weight is 375 g/mol. The van der Waals surface area contributed by atoms with Gasteiger partial charge in [-0.2, -0.15) is 0 Å². The number of fused-ring (bicyclic) bond motifs is 1. The third-order valence-corrected chi connectivity index (χ3v) is 7.09. The van der Waals surface area contributed by atoms with Crippen molar-refractivity contribution in [1.82, 2.24) is 14.9 Å². The molecule has 2 saturated heterocycles. The van der Waals surface area contributed by atoms with Crippen molar-refractivity contribution >= 4 is 27.4 Å². The van der Waals surface area contributed by atoms with Gasteiger partial charge in [0, 0.05) is 18.0 Å². The van der Waals surface area contributed by atoms with Gasteiger partial charge >= 0.3 is 0 Å². The number of anilines is 1. The van der Waals surface area contributed by atoms with E-state index in [4.69, 9.17) is 9.97 Å². The Hall–Kier alpha value is -1.24. The van der Waals surface area contributed by atoms with Crippen LogP contribution in [0.25, 0.3) is 10.2 Å². The maximum absolute atomic E-state index is 10.2. The Bertz CT molecular complexity index is 782. The van der Waals surface area contributed by atoms with Gasteiger partial charge in [-0.1, -0.05) is 6.92 Å². The topological polar surface area (TPSA) is 52.5 Å². The molecule has 2 aliphatic heterocycles. The highest BCUT2D eigenvalue weighted by atomic mass is 32.1. The zero-order chi connectivity index (χ0) is 18.3. The molecule has 4 heterocycles. The molecule has 1 unspecified atom stereocenters. The second-order valence-electron chi connectivity index (χ2n) is 8.13. The Morgan fingerprint density at radius 1 is 1.12 bits per heavy atom. The van der Waals surface area contributed by atoms with Crippen molar-refractivity contribution in [2.75, 3.05) is 31.1 Å². The van der Waals surface area contributed by atoms with Gasteiger partial charge in [-0.3, -0.25) is 4.90 Å². The fraction of sp³-hybridized carbons (Fsp3) is 0.700. The standard InChI is InChI=1S/C20H30N4OS/c1-13-6-9-23(10-7-13)12-17-21-19(24-8-4-5-16(25)11-24)18-14(2)15(3)26-20(18)22-17/h13,16,25H,4-12H2,1-3H3. The van der Waals surface area contributed by atoms with Crippen molar-refractivity contribution in [3.63, 3.8) is 0 Å². The van der Waals surface area contributed by atoms with Crippen LogP contribution in [0.5, 0.6) is 0 Å². The van der Waals surface area contributed by atoms with Gasteiger partial charge in [0.15, 0.2) is 0 Å². The third kappa shape index (κ3) is 3.59. The number of likely N-dealkylation sites (tertiary alicyclic amines) is 1. The van der Waals surface area contributed by atoms with Gasteiger partial charge in [0.05, 0.1) is 18.0 Å². The van der Waals surface area contributed by atoms with Crippen LogP contribution in [0.3, 0.4) is 0 Å². The first-order valence-electron chi connectivity index (χ1n) is 9.93. The van der Waals surface area contributed by atoms with Crippen LogP contribution in [0.15, 0.2) is 0 Å². The summed E-state index contributed by atoms with van der Waals surface area (Å²) in [6.07, 6.45) is 4.20. The van der Waals surface area contributed by atoms with Gasteiger partial charge in [-0.25, -0.2) is 9.97 Å². The largest absolute Gasteiger partial charge is 0.391 e. The smallest absolute Gasteiger partial charge is 0.146 e. The number of aromatic nitrogens is 2. The molecule has 2 aliphatic rings. The van der Waals surface area contributed by atoms with Crippen LogP contribution in [0.1, 0.15) is 48.9 Å². The van der Waals surface area contributed by atoms with Crippen molar-refractivity contribution in [1.29, 1.82) is 0 Å². The predicted molar refractivity (Wildman–Crippen MR) is 108 cm³/mol. The van der Waals surface area contributed by atoms with E-state index >= 15 is 0 Å². The van der Waals surface area contributed by atoms with E-state index in [-0.39, 0.29) is 6.10 Å². The molecule has 0 aromatic carbocycles. The molecule has 0 saturated carbocycles. The number of aliphatic hydroxyl groups excluding tert-OH is 1. The molecule has 1 N–H and O–H groups in total. The molecule has 1 atom stereocenters. The SMILES string of the molecule is Cc1sc2nc(CN3CCC(C)CC3)nc(N3CCCC(O)C3)c2c1C. The monoisotopic (exact) mass is 374 g/mol. The highest BCUT2D eigenvalue weighted by Crippen LogP contribution is 2.36. The van der Waals surface area contributed by atoms with Crippen LogP contribution in [0.2, 0.25) is 0 Å². The number of β-amino-alcohol motifs (C(OH)–C–C–N with tert-alkyl or cyclic N) is 1. The molecular formula is C20H30N4OS. The summed E-state index contributed by atoms with van der Waals surface area (Å²) in [7, 11) is 0. The Labute approximate surface area is 160 Å². The molecule has 0 spiro atoms. The molecule has 0 bridgehead atoms. The average Bonchev–Trinajstić information content (AvgIpc) is 2.90. The van der Waals surface area contributed by atoms with Gasteiger partial charge in [-0.05, 0) is 64.1 Å². The molecule has 2 fully saturated rings. The lowest BCUT2D eigenvalue weighted by Crippen LogP contribution is -2.39. The van der Waals surface area contributed by atoms with Crippen LogP contribution in [0.4, 0.5) is 5.82 Å². The van der Waals surface area contributed by atoms with Crippen molar-refractivity contribution < 1.29 is 5.11 Å². The molecule has 2 aromatic heterocycles. The van der Waals surface area contributed by atoms with Gasteiger partial charge in [0.25, 0.3) is 0 Å². The van der Waals surface area contributed by atoms with Gasteiger partial charge in [0.1, 0.15) is 16.5 Å². The summed E-state index contributed by atoms with van der Waals surface area (Å²) in [5, 5.41) is 11.3. The minimum absolute atomic E-state index is 0.249. The number of aliphatic hydroxyl groups is 1. The van der Waals surface area contributed by atoms with Crippen molar-refractivity contribution in [2.24, 2.45) is 5.92 Å². The van der Waals surface area contributed by atoms with E-state index in [2.05, 4.69) is 30.6 Å². The first kappa shape index (κ1) is 18.1. The van der Waals surface area contributed by atoms with Crippen LogP contribution < -0.4 is 4.90 Å². The molecule has 0 radical (unpaired) electrons. The zero-order valence-corrected chi connectivity index (χ0v) is 17.0. The van der Waals surface area contributed by atoms with Crippen LogP contribution in [0, 0.1) is 19.8 Å². The Kier molecular flexibility index (Phi) is 5.17. The number of aryl methyl sites for hydroxylation is 2. The molecule has 142 valence electrons. The van der Waals surface area contributed by atoms with Crippen LogP contribution >= 0.6 is 11.3 Å². The Morgan fingerprint density at radius 2 is 1.88 bits per heavy atom. The fourth-order valence-electron chi connectivity index (χ4n) is 4.14. The second-order valence-corrected chi connectivity index (χ2v) is 9.33. The maximum Gasteiger partial charge on any atom is 0.146 e. The third-order valence-electron chi connectivity index (χ3n) is 5.99. The van der Waals surface area contributed by atoms with Gasteiger partial charge in [0.2, 0.25) is 0 Å². The van der Waals surface area contributed by atoms with E-state index in [1.54, 1.807) is 11.3 Å². The number of thiophene rings is 1. The van der Waals surface area contributed by atoms with Crippen molar-refractivity contribution in [3.05, 3.63) is 16.3 Å². The first-order valence-corrected chi connectivity index (χ1v) is 10.7. The lowest BCUT2D eigenvalue weighted by Gasteiger charge is -2.32. The molecule has 2 aromatic rings. The van der Waals surface area contributed by atoms with Crippen molar-refractivity contribution in [3.8, 4) is 0 Å². The van der Waals surface area contributed by atoms with E-state index in [0.29, 0.717) is 6.54 Å².